The molecule has 2 aromatic carbocycles. The van der Waals surface area contributed by atoms with E-state index < -0.39 is 5.97 Å². The van der Waals surface area contributed by atoms with Crippen molar-refractivity contribution in [1.82, 2.24) is 0 Å². The maximum atomic E-state index is 11.7. The lowest BCUT2D eigenvalue weighted by Gasteiger charge is -2.03. The van der Waals surface area contributed by atoms with Crippen LogP contribution < -0.4 is 9.47 Å². The Morgan fingerprint density at radius 1 is 1.00 bits per heavy atom. The van der Waals surface area contributed by atoms with Crippen LogP contribution in [0.3, 0.4) is 0 Å². The van der Waals surface area contributed by atoms with Gasteiger partial charge in [0.25, 0.3) is 0 Å². The predicted octanol–water partition coefficient (Wildman–Crippen LogP) is 4.01. The first kappa shape index (κ1) is 14.9. The Kier molecular flexibility index (Phi) is 5.16. The molecule has 3 heteroatoms. The fraction of sp³-hybridized carbons (Fsp3) is 0.167. The molecule has 3 nitrogen and oxygen atoms in total. The Morgan fingerprint density at radius 2 is 1.62 bits per heavy atom. The number of hydrogen-bond donors (Lipinski definition) is 0. The van der Waals surface area contributed by atoms with Gasteiger partial charge in [-0.1, -0.05) is 29.8 Å². The quantitative estimate of drug-likeness (QED) is 0.472. The molecule has 108 valence electrons. The zero-order valence-electron chi connectivity index (χ0n) is 12.2. The first-order valence-corrected chi connectivity index (χ1v) is 6.87. The summed E-state index contributed by atoms with van der Waals surface area (Å²) < 4.78 is 10.6. The summed E-state index contributed by atoms with van der Waals surface area (Å²) in [5, 5.41) is 0. The number of rotatable bonds is 5. The third kappa shape index (κ3) is 4.80. The van der Waals surface area contributed by atoms with Crippen molar-refractivity contribution < 1.29 is 14.3 Å². The molecule has 2 rings (SSSR count). The largest absolute Gasteiger partial charge is 0.494 e. The van der Waals surface area contributed by atoms with Crippen molar-refractivity contribution in [2.24, 2.45) is 0 Å². The van der Waals surface area contributed by atoms with Crippen LogP contribution in [0.4, 0.5) is 0 Å². The van der Waals surface area contributed by atoms with E-state index in [1.165, 1.54) is 6.08 Å². The molecule has 0 bridgehead atoms. The molecule has 0 aliphatic rings. The standard InChI is InChI=1S/C18H18O3/c1-3-20-16-11-6-15(7-12-16)8-13-18(19)21-17-9-4-14(2)5-10-17/h4-13H,3H2,1-2H3/b13-8+. The van der Waals surface area contributed by atoms with Gasteiger partial charge in [-0.2, -0.15) is 0 Å². The number of ether oxygens (including phenoxy) is 2. The highest BCUT2D eigenvalue weighted by atomic mass is 16.5. The van der Waals surface area contributed by atoms with Gasteiger partial charge in [-0.3, -0.25) is 0 Å². The summed E-state index contributed by atoms with van der Waals surface area (Å²) in [6.45, 7) is 4.56. The fourth-order valence-corrected chi connectivity index (χ4v) is 1.76. The van der Waals surface area contributed by atoms with Gasteiger partial charge in [0.05, 0.1) is 6.61 Å². The summed E-state index contributed by atoms with van der Waals surface area (Å²) in [4.78, 5) is 11.7. The van der Waals surface area contributed by atoms with Crippen LogP contribution in [0.1, 0.15) is 18.1 Å². The summed E-state index contributed by atoms with van der Waals surface area (Å²) in [6.07, 6.45) is 3.13. The average Bonchev–Trinajstić information content (AvgIpc) is 2.49. The van der Waals surface area contributed by atoms with E-state index in [9.17, 15) is 4.79 Å². The lowest BCUT2D eigenvalue weighted by molar-refractivity contribution is -0.128. The van der Waals surface area contributed by atoms with Gasteiger partial charge >= 0.3 is 5.97 Å². The van der Waals surface area contributed by atoms with E-state index in [0.29, 0.717) is 12.4 Å². The van der Waals surface area contributed by atoms with E-state index in [2.05, 4.69) is 0 Å². The minimum absolute atomic E-state index is 0.396. The van der Waals surface area contributed by atoms with Crippen molar-refractivity contribution in [3.8, 4) is 11.5 Å². The van der Waals surface area contributed by atoms with Crippen molar-refractivity contribution in [1.29, 1.82) is 0 Å². The molecule has 0 saturated carbocycles. The molecule has 0 spiro atoms. The van der Waals surface area contributed by atoms with Gasteiger partial charge in [-0.25, -0.2) is 4.79 Å². The van der Waals surface area contributed by atoms with E-state index in [0.717, 1.165) is 16.9 Å². The van der Waals surface area contributed by atoms with Crippen molar-refractivity contribution in [2.75, 3.05) is 6.61 Å². The molecule has 0 aliphatic carbocycles. The minimum Gasteiger partial charge on any atom is -0.494 e. The van der Waals surface area contributed by atoms with E-state index in [1.54, 1.807) is 18.2 Å². The lowest BCUT2D eigenvalue weighted by Crippen LogP contribution is -2.03. The highest BCUT2D eigenvalue weighted by Crippen LogP contribution is 2.14. The van der Waals surface area contributed by atoms with Gasteiger partial charge in [0, 0.05) is 6.08 Å². The molecule has 0 atom stereocenters. The molecule has 2 aromatic rings. The summed E-state index contributed by atoms with van der Waals surface area (Å²) in [5.41, 5.74) is 2.04. The number of esters is 1. The molecule has 0 radical (unpaired) electrons. The Labute approximate surface area is 124 Å². The maximum Gasteiger partial charge on any atom is 0.336 e. The third-order valence-electron chi connectivity index (χ3n) is 2.84. The Morgan fingerprint density at radius 3 is 2.24 bits per heavy atom. The summed E-state index contributed by atoms with van der Waals surface area (Å²) >= 11 is 0. The van der Waals surface area contributed by atoms with E-state index in [-0.39, 0.29) is 0 Å². The number of carbonyl (C=O) groups excluding carboxylic acids is 1. The molecule has 0 unspecified atom stereocenters. The highest BCUT2D eigenvalue weighted by Gasteiger charge is 2.00. The maximum absolute atomic E-state index is 11.7. The lowest BCUT2D eigenvalue weighted by atomic mass is 10.2. The van der Waals surface area contributed by atoms with Crippen molar-refractivity contribution in [2.45, 2.75) is 13.8 Å². The minimum atomic E-state index is -0.396. The van der Waals surface area contributed by atoms with Gasteiger partial charge in [-0.05, 0) is 49.8 Å². The van der Waals surface area contributed by atoms with Crippen LogP contribution >= 0.6 is 0 Å². The predicted molar refractivity (Wildman–Crippen MR) is 83.5 cm³/mol. The number of aryl methyl sites for hydroxylation is 1. The second-order valence-corrected chi connectivity index (χ2v) is 4.57. The van der Waals surface area contributed by atoms with Crippen LogP contribution in [0.5, 0.6) is 11.5 Å². The van der Waals surface area contributed by atoms with Gasteiger partial charge in [0.2, 0.25) is 0 Å². The summed E-state index contributed by atoms with van der Waals surface area (Å²) in [7, 11) is 0. The molecular formula is C18H18O3. The van der Waals surface area contributed by atoms with Crippen LogP contribution in [-0.2, 0) is 4.79 Å². The first-order valence-electron chi connectivity index (χ1n) is 6.87. The smallest absolute Gasteiger partial charge is 0.336 e. The first-order chi connectivity index (χ1) is 10.2. The Hall–Kier alpha value is -2.55. The SMILES string of the molecule is CCOc1ccc(/C=C/C(=O)Oc2ccc(C)cc2)cc1. The molecule has 0 heterocycles. The molecule has 0 N–H and O–H groups in total. The second kappa shape index (κ2) is 7.29. The topological polar surface area (TPSA) is 35.5 Å². The normalized spacial score (nSPS) is 10.6. The average molecular weight is 282 g/mol. The molecule has 0 saturated heterocycles. The third-order valence-corrected chi connectivity index (χ3v) is 2.84. The van der Waals surface area contributed by atoms with Crippen LogP contribution in [0.15, 0.2) is 54.6 Å². The fourth-order valence-electron chi connectivity index (χ4n) is 1.76. The van der Waals surface area contributed by atoms with Gasteiger partial charge in [-0.15, -0.1) is 0 Å². The molecule has 0 aliphatic heterocycles. The number of carbonyl (C=O) groups is 1. The van der Waals surface area contributed by atoms with Crippen molar-refractivity contribution in [3.05, 3.63) is 65.7 Å². The highest BCUT2D eigenvalue weighted by molar-refractivity contribution is 5.88. The van der Waals surface area contributed by atoms with Gasteiger partial charge < -0.3 is 9.47 Å². The molecule has 0 amide bonds. The number of benzene rings is 2. The van der Waals surface area contributed by atoms with Crippen LogP contribution in [-0.4, -0.2) is 12.6 Å². The van der Waals surface area contributed by atoms with Crippen LogP contribution in [0, 0.1) is 6.92 Å². The summed E-state index contributed by atoms with van der Waals surface area (Å²) in [6, 6.07) is 14.9. The second-order valence-electron chi connectivity index (χ2n) is 4.57. The monoisotopic (exact) mass is 282 g/mol. The van der Waals surface area contributed by atoms with Crippen molar-refractivity contribution in [3.63, 3.8) is 0 Å². The van der Waals surface area contributed by atoms with E-state index in [4.69, 9.17) is 9.47 Å². The molecule has 0 aromatic heterocycles. The van der Waals surface area contributed by atoms with Crippen molar-refractivity contribution >= 4 is 12.0 Å². The molecular weight excluding hydrogens is 264 g/mol. The Bertz CT molecular complexity index is 610. The summed E-state index contributed by atoms with van der Waals surface area (Å²) in [5.74, 6) is 0.964. The van der Waals surface area contributed by atoms with E-state index in [1.807, 2.05) is 50.2 Å². The van der Waals surface area contributed by atoms with E-state index >= 15 is 0 Å². The van der Waals surface area contributed by atoms with Crippen LogP contribution in [0.25, 0.3) is 6.08 Å². The molecule has 21 heavy (non-hydrogen) atoms. The number of hydrogen-bond acceptors (Lipinski definition) is 3. The molecule has 0 fully saturated rings. The zero-order chi connectivity index (χ0) is 15.1. The zero-order valence-corrected chi connectivity index (χ0v) is 12.2. The van der Waals surface area contributed by atoms with Gasteiger partial charge in [0.15, 0.2) is 0 Å². The van der Waals surface area contributed by atoms with Gasteiger partial charge in [0.1, 0.15) is 11.5 Å². The Balaban J connectivity index is 1.93. The van der Waals surface area contributed by atoms with Crippen LogP contribution in [0.2, 0.25) is 0 Å².